The Balaban J connectivity index is 4.12. The average Bonchev–Trinajstić information content (AvgIpc) is 2.25. The summed E-state index contributed by atoms with van der Waals surface area (Å²) in [6, 6.07) is -0.399. The molecule has 1 atom stereocenters. The van der Waals surface area contributed by atoms with Crippen molar-refractivity contribution in [3.63, 3.8) is 0 Å². The highest BCUT2D eigenvalue weighted by Gasteiger charge is 2.16. The Kier molecular flexibility index (Phi) is 8.97. The van der Waals surface area contributed by atoms with Crippen LogP contribution in [0.2, 0.25) is 0 Å². The van der Waals surface area contributed by atoms with Crippen LogP contribution in [0.5, 0.6) is 0 Å². The van der Waals surface area contributed by atoms with Gasteiger partial charge in [0.05, 0.1) is 6.04 Å². The third kappa shape index (κ3) is 8.44. The molecule has 5 heteroatoms. The first-order valence-electron chi connectivity index (χ1n) is 6.68. The topological polar surface area (TPSA) is 52.8 Å². The van der Waals surface area contributed by atoms with E-state index in [4.69, 9.17) is 5.73 Å². The molecule has 0 aromatic rings. The summed E-state index contributed by atoms with van der Waals surface area (Å²) in [7, 11) is 8.18. The van der Waals surface area contributed by atoms with Gasteiger partial charge in [0, 0.05) is 13.1 Å². The highest BCUT2D eigenvalue weighted by Crippen LogP contribution is 1.99. The predicted octanol–water partition coefficient (Wildman–Crippen LogP) is 0.0656. The number of hydrogen-bond acceptors (Lipinski definition) is 4. The second-order valence-electron chi connectivity index (χ2n) is 5.43. The molecule has 0 aliphatic carbocycles. The third-order valence-electron chi connectivity index (χ3n) is 2.77. The van der Waals surface area contributed by atoms with E-state index < -0.39 is 6.04 Å². The zero-order valence-corrected chi connectivity index (χ0v) is 12.6. The Morgan fingerprint density at radius 2 is 1.33 bits per heavy atom. The molecule has 0 aromatic heterocycles. The van der Waals surface area contributed by atoms with E-state index in [9.17, 15) is 4.79 Å². The molecule has 0 aromatic carbocycles. The largest absolute Gasteiger partial charge is 0.341 e. The molecule has 0 saturated carbocycles. The van der Waals surface area contributed by atoms with Crippen LogP contribution in [-0.4, -0.2) is 81.0 Å². The van der Waals surface area contributed by atoms with Crippen LogP contribution in [-0.2, 0) is 4.79 Å². The molecule has 0 fully saturated rings. The van der Waals surface area contributed by atoms with Crippen LogP contribution in [0.4, 0.5) is 0 Å². The van der Waals surface area contributed by atoms with Crippen molar-refractivity contribution >= 4 is 5.91 Å². The van der Waals surface area contributed by atoms with Gasteiger partial charge in [-0.05, 0) is 61.0 Å². The number of carbonyl (C=O) groups is 1. The smallest absolute Gasteiger partial charge is 0.239 e. The van der Waals surface area contributed by atoms with Gasteiger partial charge in [-0.25, -0.2) is 0 Å². The lowest BCUT2D eigenvalue weighted by molar-refractivity contribution is -0.132. The third-order valence-corrected chi connectivity index (χ3v) is 2.77. The van der Waals surface area contributed by atoms with Crippen LogP contribution in [0.25, 0.3) is 0 Å². The Morgan fingerprint density at radius 3 is 1.61 bits per heavy atom. The maximum Gasteiger partial charge on any atom is 0.239 e. The molecule has 1 unspecified atom stereocenters. The van der Waals surface area contributed by atoms with Crippen molar-refractivity contribution < 1.29 is 4.79 Å². The zero-order valence-electron chi connectivity index (χ0n) is 12.6. The fourth-order valence-corrected chi connectivity index (χ4v) is 1.78. The number of hydrogen-bond donors (Lipinski definition) is 1. The molecular formula is C13H30N4O. The molecule has 18 heavy (non-hydrogen) atoms. The lowest BCUT2D eigenvalue weighted by Crippen LogP contribution is -2.44. The van der Waals surface area contributed by atoms with Crippen molar-refractivity contribution in [3.05, 3.63) is 0 Å². The van der Waals surface area contributed by atoms with E-state index >= 15 is 0 Å². The second kappa shape index (κ2) is 9.30. The maximum atomic E-state index is 12.0. The molecular weight excluding hydrogens is 228 g/mol. The zero-order chi connectivity index (χ0) is 14.1. The van der Waals surface area contributed by atoms with E-state index in [1.807, 2.05) is 33.1 Å². The summed E-state index contributed by atoms with van der Waals surface area (Å²) in [5.41, 5.74) is 5.69. The molecule has 0 heterocycles. The Bertz CT molecular complexity index is 215. The van der Waals surface area contributed by atoms with Gasteiger partial charge in [-0.3, -0.25) is 4.79 Å². The minimum atomic E-state index is -0.399. The van der Waals surface area contributed by atoms with Gasteiger partial charge in [0.15, 0.2) is 0 Å². The van der Waals surface area contributed by atoms with Crippen LogP contribution in [0, 0.1) is 0 Å². The van der Waals surface area contributed by atoms with Gasteiger partial charge in [0.25, 0.3) is 0 Å². The number of nitrogens with two attached hydrogens (primary N) is 1. The number of nitrogens with zero attached hydrogens (tertiary/aromatic N) is 3. The van der Waals surface area contributed by atoms with Crippen molar-refractivity contribution in [1.29, 1.82) is 0 Å². The summed E-state index contributed by atoms with van der Waals surface area (Å²) >= 11 is 0. The van der Waals surface area contributed by atoms with Crippen LogP contribution in [0.3, 0.4) is 0 Å². The van der Waals surface area contributed by atoms with Crippen LogP contribution < -0.4 is 5.73 Å². The van der Waals surface area contributed by atoms with E-state index in [1.165, 1.54) is 0 Å². The molecule has 0 spiro atoms. The highest BCUT2D eigenvalue weighted by molar-refractivity contribution is 5.81. The summed E-state index contributed by atoms with van der Waals surface area (Å²) < 4.78 is 0. The van der Waals surface area contributed by atoms with E-state index in [-0.39, 0.29) is 5.91 Å². The van der Waals surface area contributed by atoms with Crippen molar-refractivity contribution in [2.24, 2.45) is 5.73 Å². The molecule has 1 amide bonds. The highest BCUT2D eigenvalue weighted by atomic mass is 16.2. The van der Waals surface area contributed by atoms with Crippen molar-refractivity contribution in [3.8, 4) is 0 Å². The second-order valence-corrected chi connectivity index (χ2v) is 5.43. The van der Waals surface area contributed by atoms with Gasteiger partial charge in [-0.1, -0.05) is 0 Å². The van der Waals surface area contributed by atoms with Crippen molar-refractivity contribution in [2.75, 3.05) is 54.4 Å². The molecule has 0 aliphatic heterocycles. The van der Waals surface area contributed by atoms with Gasteiger partial charge >= 0.3 is 0 Å². The predicted molar refractivity (Wildman–Crippen MR) is 76.6 cm³/mol. The monoisotopic (exact) mass is 258 g/mol. The quantitative estimate of drug-likeness (QED) is 0.636. The standard InChI is InChI=1S/C13H30N4O/c1-12(14)13(18)17(10-6-8-15(2)3)11-7-9-16(4)5/h12H,6-11,14H2,1-5H3. The van der Waals surface area contributed by atoms with Gasteiger partial charge < -0.3 is 20.4 Å². The van der Waals surface area contributed by atoms with E-state index in [0.29, 0.717) is 0 Å². The lowest BCUT2D eigenvalue weighted by atomic mass is 10.2. The first-order valence-corrected chi connectivity index (χ1v) is 6.68. The van der Waals surface area contributed by atoms with Gasteiger partial charge in [0.1, 0.15) is 0 Å². The summed E-state index contributed by atoms with van der Waals surface area (Å²) in [5, 5.41) is 0. The van der Waals surface area contributed by atoms with Gasteiger partial charge in [0.2, 0.25) is 5.91 Å². The lowest BCUT2D eigenvalue weighted by Gasteiger charge is -2.25. The number of rotatable bonds is 9. The van der Waals surface area contributed by atoms with Gasteiger partial charge in [-0.2, -0.15) is 0 Å². The molecule has 0 aliphatic rings. The van der Waals surface area contributed by atoms with E-state index in [0.717, 1.165) is 39.0 Å². The molecule has 5 nitrogen and oxygen atoms in total. The minimum Gasteiger partial charge on any atom is -0.341 e. The maximum absolute atomic E-state index is 12.0. The normalized spacial score (nSPS) is 13.1. The van der Waals surface area contributed by atoms with E-state index in [2.05, 4.69) is 9.80 Å². The van der Waals surface area contributed by atoms with Crippen LogP contribution in [0.15, 0.2) is 0 Å². The minimum absolute atomic E-state index is 0.0625. The summed E-state index contributed by atoms with van der Waals surface area (Å²) in [4.78, 5) is 18.1. The molecule has 2 N–H and O–H groups in total. The van der Waals surface area contributed by atoms with Crippen LogP contribution >= 0.6 is 0 Å². The van der Waals surface area contributed by atoms with Crippen molar-refractivity contribution in [1.82, 2.24) is 14.7 Å². The van der Waals surface area contributed by atoms with Crippen molar-refractivity contribution in [2.45, 2.75) is 25.8 Å². The Hall–Kier alpha value is -0.650. The van der Waals surface area contributed by atoms with Crippen LogP contribution in [0.1, 0.15) is 19.8 Å². The number of carbonyl (C=O) groups excluding carboxylic acids is 1. The molecule has 108 valence electrons. The fraction of sp³-hybridized carbons (Fsp3) is 0.923. The SMILES string of the molecule is CC(N)C(=O)N(CCCN(C)C)CCCN(C)C. The molecule has 0 saturated heterocycles. The molecule has 0 radical (unpaired) electrons. The summed E-state index contributed by atoms with van der Waals surface area (Å²) in [5.74, 6) is 0.0625. The fourth-order valence-electron chi connectivity index (χ4n) is 1.78. The summed E-state index contributed by atoms with van der Waals surface area (Å²) in [6.45, 7) is 5.35. The first kappa shape index (κ1) is 17.4. The molecule has 0 rings (SSSR count). The molecule has 0 bridgehead atoms. The summed E-state index contributed by atoms with van der Waals surface area (Å²) in [6.07, 6.45) is 1.99. The van der Waals surface area contributed by atoms with Gasteiger partial charge in [-0.15, -0.1) is 0 Å². The number of amides is 1. The first-order chi connectivity index (χ1) is 8.34. The van der Waals surface area contributed by atoms with E-state index in [1.54, 1.807) is 6.92 Å². The Labute approximate surface area is 112 Å². The average molecular weight is 258 g/mol. The Morgan fingerprint density at radius 1 is 0.944 bits per heavy atom.